The fraction of sp³-hybridized carbons (Fsp3) is 0.333. The van der Waals surface area contributed by atoms with Gasteiger partial charge in [0.2, 0.25) is 11.8 Å². The molecule has 0 aliphatic carbocycles. The van der Waals surface area contributed by atoms with E-state index in [1.165, 1.54) is 12.7 Å². The van der Waals surface area contributed by atoms with Gasteiger partial charge in [0, 0.05) is 24.7 Å². The lowest BCUT2D eigenvalue weighted by Crippen LogP contribution is -2.28. The Morgan fingerprint density at radius 2 is 1.85 bits per heavy atom. The zero-order valence-corrected chi connectivity index (χ0v) is 16.0. The number of nitrogens with one attached hydrogen (secondary N) is 1. The first-order valence-electron chi connectivity index (χ1n) is 8.83. The first kappa shape index (κ1) is 18.8. The summed E-state index contributed by atoms with van der Waals surface area (Å²) in [6.45, 7) is 4.41. The van der Waals surface area contributed by atoms with Crippen LogP contribution in [0.25, 0.3) is 0 Å². The van der Waals surface area contributed by atoms with Crippen LogP contribution in [0.5, 0.6) is 11.5 Å². The first-order chi connectivity index (χ1) is 12.9. The van der Waals surface area contributed by atoms with Crippen LogP contribution in [0.4, 0.5) is 11.4 Å². The lowest BCUT2D eigenvalue weighted by molar-refractivity contribution is -0.122. The van der Waals surface area contributed by atoms with Crippen molar-refractivity contribution in [3.8, 4) is 11.5 Å². The summed E-state index contributed by atoms with van der Waals surface area (Å²) in [4.78, 5) is 26.8. The molecule has 1 fully saturated rings. The molecule has 27 heavy (non-hydrogen) atoms. The van der Waals surface area contributed by atoms with Gasteiger partial charge in [-0.05, 0) is 49.2 Å². The van der Waals surface area contributed by atoms with Crippen molar-refractivity contribution in [1.82, 2.24) is 0 Å². The number of carbonyl (C=O) groups is 2. The standard InChI is InChI=1S/C21H24N2O4/c1-13-5-6-16(9-14(13)2)23-12-15(10-20(23)24)21(25)22-18-8-7-17(26-3)11-19(18)27-4/h5-9,11,15H,10,12H2,1-4H3,(H,22,25). The second-order valence-electron chi connectivity index (χ2n) is 6.73. The number of methoxy groups -OCH3 is 2. The highest BCUT2D eigenvalue weighted by Crippen LogP contribution is 2.31. The van der Waals surface area contributed by atoms with Gasteiger partial charge in [-0.15, -0.1) is 0 Å². The second-order valence-corrected chi connectivity index (χ2v) is 6.73. The smallest absolute Gasteiger partial charge is 0.229 e. The maximum atomic E-state index is 12.7. The van der Waals surface area contributed by atoms with Crippen LogP contribution in [0.1, 0.15) is 17.5 Å². The molecule has 0 aromatic heterocycles. The van der Waals surface area contributed by atoms with Gasteiger partial charge >= 0.3 is 0 Å². The van der Waals surface area contributed by atoms with Crippen molar-refractivity contribution < 1.29 is 19.1 Å². The van der Waals surface area contributed by atoms with E-state index in [1.807, 2.05) is 32.0 Å². The Balaban J connectivity index is 1.73. The van der Waals surface area contributed by atoms with Crippen molar-refractivity contribution in [2.75, 3.05) is 31.0 Å². The molecule has 0 radical (unpaired) electrons. The molecule has 2 aromatic rings. The third kappa shape index (κ3) is 3.89. The van der Waals surface area contributed by atoms with E-state index in [0.717, 1.165) is 11.3 Å². The summed E-state index contributed by atoms with van der Waals surface area (Å²) in [7, 11) is 3.10. The minimum atomic E-state index is -0.411. The van der Waals surface area contributed by atoms with E-state index >= 15 is 0 Å². The molecule has 142 valence electrons. The number of rotatable bonds is 5. The number of nitrogens with zero attached hydrogens (tertiary/aromatic N) is 1. The van der Waals surface area contributed by atoms with Gasteiger partial charge in [0.25, 0.3) is 0 Å². The molecule has 2 amide bonds. The van der Waals surface area contributed by atoms with Crippen LogP contribution < -0.4 is 19.7 Å². The van der Waals surface area contributed by atoms with E-state index in [1.54, 1.807) is 30.2 Å². The third-order valence-corrected chi connectivity index (χ3v) is 4.96. The largest absolute Gasteiger partial charge is 0.497 e. The zero-order chi connectivity index (χ0) is 19.6. The van der Waals surface area contributed by atoms with Crippen molar-refractivity contribution in [1.29, 1.82) is 0 Å². The number of amides is 2. The van der Waals surface area contributed by atoms with Gasteiger partial charge in [-0.1, -0.05) is 6.07 Å². The second kappa shape index (κ2) is 7.70. The first-order valence-corrected chi connectivity index (χ1v) is 8.83. The lowest BCUT2D eigenvalue weighted by atomic mass is 10.1. The highest BCUT2D eigenvalue weighted by atomic mass is 16.5. The summed E-state index contributed by atoms with van der Waals surface area (Å²) in [5, 5.41) is 2.87. The van der Waals surface area contributed by atoms with Gasteiger partial charge in [0.05, 0.1) is 25.8 Å². The molecule has 2 aromatic carbocycles. The topological polar surface area (TPSA) is 67.9 Å². The van der Waals surface area contributed by atoms with Gasteiger partial charge in [-0.2, -0.15) is 0 Å². The Kier molecular flexibility index (Phi) is 5.35. The quantitative estimate of drug-likeness (QED) is 0.879. The minimum Gasteiger partial charge on any atom is -0.497 e. The fourth-order valence-corrected chi connectivity index (χ4v) is 3.16. The molecule has 6 nitrogen and oxygen atoms in total. The SMILES string of the molecule is COc1ccc(NC(=O)C2CC(=O)N(c3ccc(C)c(C)c3)C2)c(OC)c1. The van der Waals surface area contributed by atoms with Gasteiger partial charge in [0.1, 0.15) is 11.5 Å². The molecule has 6 heteroatoms. The minimum absolute atomic E-state index is 0.0416. The average molecular weight is 368 g/mol. The van der Waals surface area contributed by atoms with E-state index in [-0.39, 0.29) is 18.2 Å². The number of anilines is 2. The molecule has 1 N–H and O–H groups in total. The highest BCUT2D eigenvalue weighted by molar-refractivity contribution is 6.04. The number of ether oxygens (including phenoxy) is 2. The van der Waals surface area contributed by atoms with Gasteiger partial charge < -0.3 is 19.7 Å². The van der Waals surface area contributed by atoms with Crippen molar-refractivity contribution >= 4 is 23.2 Å². The van der Waals surface area contributed by atoms with Crippen molar-refractivity contribution in [3.63, 3.8) is 0 Å². The van der Waals surface area contributed by atoms with E-state index in [4.69, 9.17) is 9.47 Å². The normalized spacial score (nSPS) is 16.4. The molecular weight excluding hydrogens is 344 g/mol. The third-order valence-electron chi connectivity index (χ3n) is 4.96. The van der Waals surface area contributed by atoms with Crippen molar-refractivity contribution in [2.24, 2.45) is 5.92 Å². The molecule has 1 heterocycles. The Morgan fingerprint density at radius 3 is 2.52 bits per heavy atom. The Labute approximate surface area is 159 Å². The fourth-order valence-electron chi connectivity index (χ4n) is 3.16. The predicted octanol–water partition coefficient (Wildman–Crippen LogP) is 3.31. The molecule has 1 atom stereocenters. The van der Waals surface area contributed by atoms with E-state index in [2.05, 4.69) is 5.32 Å². The van der Waals surface area contributed by atoms with E-state index in [9.17, 15) is 9.59 Å². The van der Waals surface area contributed by atoms with Crippen LogP contribution in [0.2, 0.25) is 0 Å². The van der Waals surface area contributed by atoms with Gasteiger partial charge in [-0.3, -0.25) is 9.59 Å². The Bertz CT molecular complexity index is 878. The molecule has 0 bridgehead atoms. The monoisotopic (exact) mass is 368 g/mol. The maximum absolute atomic E-state index is 12.7. The van der Waals surface area contributed by atoms with E-state index < -0.39 is 5.92 Å². The van der Waals surface area contributed by atoms with Crippen LogP contribution in [0, 0.1) is 19.8 Å². The maximum Gasteiger partial charge on any atom is 0.229 e. The molecule has 0 spiro atoms. The summed E-state index contributed by atoms with van der Waals surface area (Å²) in [5.74, 6) is 0.504. The number of benzene rings is 2. The summed E-state index contributed by atoms with van der Waals surface area (Å²) >= 11 is 0. The number of hydrogen-bond acceptors (Lipinski definition) is 4. The molecule has 1 aliphatic heterocycles. The Hall–Kier alpha value is -3.02. The highest BCUT2D eigenvalue weighted by Gasteiger charge is 2.35. The lowest BCUT2D eigenvalue weighted by Gasteiger charge is -2.18. The number of hydrogen-bond donors (Lipinski definition) is 1. The molecule has 0 saturated carbocycles. The van der Waals surface area contributed by atoms with Gasteiger partial charge in [-0.25, -0.2) is 0 Å². The molecule has 1 saturated heterocycles. The van der Waals surface area contributed by atoms with Crippen molar-refractivity contribution in [3.05, 3.63) is 47.5 Å². The number of carbonyl (C=O) groups excluding carboxylic acids is 2. The summed E-state index contributed by atoms with van der Waals surface area (Å²) in [6, 6.07) is 11.1. The Morgan fingerprint density at radius 1 is 1.07 bits per heavy atom. The van der Waals surface area contributed by atoms with Gasteiger partial charge in [0.15, 0.2) is 0 Å². The molecule has 1 unspecified atom stereocenters. The van der Waals surface area contributed by atoms with Crippen LogP contribution in [0.15, 0.2) is 36.4 Å². The molecular formula is C21H24N2O4. The molecule has 1 aliphatic rings. The predicted molar refractivity (Wildman–Crippen MR) is 105 cm³/mol. The van der Waals surface area contributed by atoms with Crippen LogP contribution in [-0.2, 0) is 9.59 Å². The summed E-state index contributed by atoms with van der Waals surface area (Å²) < 4.78 is 10.5. The van der Waals surface area contributed by atoms with Crippen molar-refractivity contribution in [2.45, 2.75) is 20.3 Å². The summed E-state index contributed by atoms with van der Waals surface area (Å²) in [5.41, 5.74) is 3.68. The van der Waals surface area contributed by atoms with E-state index in [0.29, 0.717) is 23.7 Å². The summed E-state index contributed by atoms with van der Waals surface area (Å²) in [6.07, 6.45) is 0.192. The van der Waals surface area contributed by atoms with Crippen LogP contribution in [0.3, 0.4) is 0 Å². The van der Waals surface area contributed by atoms with Crippen LogP contribution >= 0.6 is 0 Å². The van der Waals surface area contributed by atoms with Crippen LogP contribution in [-0.4, -0.2) is 32.6 Å². The average Bonchev–Trinajstić information content (AvgIpc) is 3.06. The molecule has 3 rings (SSSR count). The number of aryl methyl sites for hydroxylation is 2. The zero-order valence-electron chi connectivity index (χ0n) is 16.0.